The number of halogens is 1. The van der Waals surface area contributed by atoms with Crippen LogP contribution in [0.1, 0.15) is 42.4 Å². The Balaban J connectivity index is 2.57. The van der Waals surface area contributed by atoms with E-state index < -0.39 is 5.82 Å². The van der Waals surface area contributed by atoms with Crippen LogP contribution in [0.5, 0.6) is 5.75 Å². The first-order chi connectivity index (χ1) is 7.46. The van der Waals surface area contributed by atoms with Crippen molar-refractivity contribution in [3.63, 3.8) is 0 Å². The van der Waals surface area contributed by atoms with Crippen LogP contribution in [-0.4, -0.2) is 5.11 Å². The Morgan fingerprint density at radius 3 is 2.44 bits per heavy atom. The van der Waals surface area contributed by atoms with Crippen molar-refractivity contribution in [2.45, 2.75) is 45.1 Å². The first kappa shape index (κ1) is 11.4. The molecule has 0 heterocycles. The van der Waals surface area contributed by atoms with Gasteiger partial charge in [0.1, 0.15) is 0 Å². The number of nitrogens with two attached hydrogens (primary N) is 1. The molecule has 0 spiro atoms. The lowest BCUT2D eigenvalue weighted by molar-refractivity contribution is 0.412. The quantitative estimate of drug-likeness (QED) is 0.769. The Morgan fingerprint density at radius 1 is 1.31 bits per heavy atom. The highest BCUT2D eigenvalue weighted by Gasteiger charge is 2.34. The van der Waals surface area contributed by atoms with Crippen LogP contribution in [0.2, 0.25) is 0 Å². The molecule has 3 heteroatoms. The van der Waals surface area contributed by atoms with E-state index in [1.807, 2.05) is 0 Å². The van der Waals surface area contributed by atoms with E-state index in [9.17, 15) is 9.50 Å². The molecule has 0 aliphatic heterocycles. The van der Waals surface area contributed by atoms with Gasteiger partial charge in [-0.05, 0) is 43.4 Å². The molecule has 0 radical (unpaired) electrons. The molecule has 1 fully saturated rings. The molecule has 1 aliphatic rings. The van der Waals surface area contributed by atoms with E-state index >= 15 is 0 Å². The Labute approximate surface area is 95.3 Å². The average molecular weight is 223 g/mol. The number of phenols is 1. The molecule has 1 aromatic carbocycles. The molecule has 0 bridgehead atoms. The number of rotatable bonds is 1. The molecule has 1 aliphatic carbocycles. The zero-order valence-corrected chi connectivity index (χ0v) is 9.81. The molecule has 0 atom stereocenters. The number of aromatic hydroxyl groups is 1. The summed E-state index contributed by atoms with van der Waals surface area (Å²) in [5.74, 6) is -0.769. The predicted octanol–water partition coefficient (Wildman–Crippen LogP) is 2.88. The van der Waals surface area contributed by atoms with Gasteiger partial charge in [-0.2, -0.15) is 0 Å². The predicted molar refractivity (Wildman–Crippen MR) is 61.9 cm³/mol. The van der Waals surface area contributed by atoms with Gasteiger partial charge in [0.25, 0.3) is 0 Å². The van der Waals surface area contributed by atoms with Gasteiger partial charge in [-0.25, -0.2) is 4.39 Å². The average Bonchev–Trinajstić information content (AvgIpc) is 2.68. The fourth-order valence-electron chi connectivity index (χ4n) is 2.66. The Hall–Kier alpha value is -1.09. The van der Waals surface area contributed by atoms with Crippen LogP contribution in [0.3, 0.4) is 0 Å². The molecule has 0 saturated heterocycles. The van der Waals surface area contributed by atoms with Crippen molar-refractivity contribution < 1.29 is 9.50 Å². The van der Waals surface area contributed by atoms with Crippen molar-refractivity contribution in [2.24, 2.45) is 5.73 Å². The highest BCUT2D eigenvalue weighted by atomic mass is 19.1. The number of phenolic OH excluding ortho intramolecular Hbond substituents is 1. The normalized spacial score (nSPS) is 19.0. The lowest BCUT2D eigenvalue weighted by atomic mass is 9.85. The minimum absolute atomic E-state index is 0.244. The van der Waals surface area contributed by atoms with Gasteiger partial charge >= 0.3 is 0 Å². The highest BCUT2D eigenvalue weighted by Crippen LogP contribution is 2.41. The van der Waals surface area contributed by atoms with Crippen molar-refractivity contribution in [3.05, 3.63) is 28.6 Å². The summed E-state index contributed by atoms with van der Waals surface area (Å²) in [7, 11) is 0. The van der Waals surface area contributed by atoms with E-state index in [0.717, 1.165) is 31.2 Å². The lowest BCUT2D eigenvalue weighted by Crippen LogP contribution is -2.34. The van der Waals surface area contributed by atoms with Gasteiger partial charge in [-0.3, -0.25) is 0 Å². The molecule has 88 valence electrons. The molecule has 1 saturated carbocycles. The van der Waals surface area contributed by atoms with Crippen LogP contribution in [0.4, 0.5) is 4.39 Å². The summed E-state index contributed by atoms with van der Waals surface area (Å²) in [6.07, 6.45) is 4.04. The number of hydrogen-bond acceptors (Lipinski definition) is 2. The van der Waals surface area contributed by atoms with Crippen LogP contribution >= 0.6 is 0 Å². The molecular weight excluding hydrogens is 205 g/mol. The van der Waals surface area contributed by atoms with Gasteiger partial charge in [0, 0.05) is 5.54 Å². The summed E-state index contributed by atoms with van der Waals surface area (Å²) >= 11 is 0. The fraction of sp³-hybridized carbons (Fsp3) is 0.538. The zero-order valence-electron chi connectivity index (χ0n) is 9.81. The Bertz CT molecular complexity index is 422. The number of hydrogen-bond donors (Lipinski definition) is 2. The monoisotopic (exact) mass is 223 g/mol. The van der Waals surface area contributed by atoms with Crippen LogP contribution in [0.25, 0.3) is 0 Å². The van der Waals surface area contributed by atoms with Crippen molar-refractivity contribution in [2.75, 3.05) is 0 Å². The molecule has 1 aromatic rings. The number of benzene rings is 1. The summed E-state index contributed by atoms with van der Waals surface area (Å²) in [4.78, 5) is 0. The molecule has 2 nitrogen and oxygen atoms in total. The van der Waals surface area contributed by atoms with Crippen molar-refractivity contribution >= 4 is 0 Å². The second-order valence-electron chi connectivity index (χ2n) is 4.89. The lowest BCUT2D eigenvalue weighted by Gasteiger charge is -2.27. The summed E-state index contributed by atoms with van der Waals surface area (Å²) in [6, 6.07) is 1.79. The minimum atomic E-state index is -0.525. The second kappa shape index (κ2) is 3.74. The standard InChI is InChI=1S/C13H18FNO/c1-8-7-10(9(2)12(16)11(8)14)13(15)5-3-4-6-13/h7,16H,3-6,15H2,1-2H3. The van der Waals surface area contributed by atoms with E-state index in [0.29, 0.717) is 11.1 Å². The van der Waals surface area contributed by atoms with E-state index in [1.54, 1.807) is 19.9 Å². The van der Waals surface area contributed by atoms with Gasteiger partial charge in [-0.1, -0.05) is 18.9 Å². The van der Waals surface area contributed by atoms with Crippen molar-refractivity contribution in [3.8, 4) is 5.75 Å². The zero-order chi connectivity index (χ0) is 11.9. The van der Waals surface area contributed by atoms with Crippen LogP contribution in [0.15, 0.2) is 6.07 Å². The fourth-order valence-corrected chi connectivity index (χ4v) is 2.66. The Morgan fingerprint density at radius 2 is 1.88 bits per heavy atom. The summed E-state index contributed by atoms with van der Waals surface area (Å²) in [5, 5.41) is 9.71. The summed E-state index contributed by atoms with van der Waals surface area (Å²) < 4.78 is 13.5. The van der Waals surface area contributed by atoms with Gasteiger partial charge in [-0.15, -0.1) is 0 Å². The Kier molecular flexibility index (Phi) is 2.66. The first-order valence-corrected chi connectivity index (χ1v) is 5.74. The van der Waals surface area contributed by atoms with E-state index in [4.69, 9.17) is 5.73 Å². The SMILES string of the molecule is Cc1cc(C2(N)CCCC2)c(C)c(O)c1F. The highest BCUT2D eigenvalue weighted by molar-refractivity contribution is 5.46. The molecule has 0 aromatic heterocycles. The van der Waals surface area contributed by atoms with Crippen molar-refractivity contribution in [1.29, 1.82) is 0 Å². The summed E-state index contributed by atoms with van der Waals surface area (Å²) in [6.45, 7) is 3.40. The second-order valence-corrected chi connectivity index (χ2v) is 4.89. The third-order valence-electron chi connectivity index (χ3n) is 3.71. The van der Waals surface area contributed by atoms with E-state index in [2.05, 4.69) is 0 Å². The van der Waals surface area contributed by atoms with Gasteiger partial charge in [0.2, 0.25) is 0 Å². The van der Waals surface area contributed by atoms with Gasteiger partial charge in [0.05, 0.1) is 0 Å². The summed E-state index contributed by atoms with van der Waals surface area (Å²) in [5.41, 5.74) is 7.92. The van der Waals surface area contributed by atoms with Crippen LogP contribution < -0.4 is 5.73 Å². The topological polar surface area (TPSA) is 46.2 Å². The maximum Gasteiger partial charge on any atom is 0.167 e. The molecule has 0 unspecified atom stereocenters. The van der Waals surface area contributed by atoms with Gasteiger partial charge < -0.3 is 10.8 Å². The number of aryl methyl sites for hydroxylation is 1. The minimum Gasteiger partial charge on any atom is -0.505 e. The van der Waals surface area contributed by atoms with E-state index in [1.165, 1.54) is 0 Å². The van der Waals surface area contributed by atoms with Crippen molar-refractivity contribution in [1.82, 2.24) is 0 Å². The third kappa shape index (κ3) is 1.59. The molecule has 16 heavy (non-hydrogen) atoms. The van der Waals surface area contributed by atoms with Gasteiger partial charge in [0.15, 0.2) is 11.6 Å². The molecule has 0 amide bonds. The maximum atomic E-state index is 13.5. The smallest absolute Gasteiger partial charge is 0.167 e. The maximum absolute atomic E-state index is 13.5. The molecule has 2 rings (SSSR count). The van der Waals surface area contributed by atoms with E-state index in [-0.39, 0.29) is 11.3 Å². The first-order valence-electron chi connectivity index (χ1n) is 5.74. The molecule has 3 N–H and O–H groups in total. The molecular formula is C13H18FNO. The largest absolute Gasteiger partial charge is 0.505 e. The van der Waals surface area contributed by atoms with Crippen LogP contribution in [0, 0.1) is 19.7 Å². The van der Waals surface area contributed by atoms with Crippen LogP contribution in [-0.2, 0) is 5.54 Å². The third-order valence-corrected chi connectivity index (χ3v) is 3.71.